The van der Waals surface area contributed by atoms with E-state index in [9.17, 15) is 14.4 Å². The van der Waals surface area contributed by atoms with E-state index in [4.69, 9.17) is 18.9 Å². The first-order chi connectivity index (χ1) is 20.8. The lowest BCUT2D eigenvalue weighted by Crippen LogP contribution is -2.34. The Morgan fingerprint density at radius 2 is 1.28 bits per heavy atom. The summed E-state index contributed by atoms with van der Waals surface area (Å²) in [6.45, 7) is 9.82. The minimum Gasteiger partial charge on any atom is -0.379 e. The summed E-state index contributed by atoms with van der Waals surface area (Å²) in [7, 11) is 0. The van der Waals surface area contributed by atoms with E-state index in [0.717, 1.165) is 22.4 Å². The van der Waals surface area contributed by atoms with Gasteiger partial charge in [-0.25, -0.2) is 0 Å². The first kappa shape index (κ1) is 33.9. The molecule has 0 bridgehead atoms. The van der Waals surface area contributed by atoms with E-state index in [1.165, 1.54) is 0 Å². The number of ether oxygens (including phenoxy) is 4. The van der Waals surface area contributed by atoms with Crippen molar-refractivity contribution >= 4 is 23.3 Å². The molecule has 0 spiro atoms. The number of nitrogens with one attached hydrogen (secondary N) is 1. The van der Waals surface area contributed by atoms with Crippen LogP contribution in [0.2, 0.25) is 0 Å². The average molecular weight is 593 g/mol. The number of carbonyl (C=O) groups is 3. The Hall–Kier alpha value is -3.55. The molecular formula is C34H44N2O7. The molecule has 9 nitrogen and oxygen atoms in total. The number of rotatable bonds is 18. The van der Waals surface area contributed by atoms with Crippen LogP contribution in [0.25, 0.3) is 0 Å². The van der Waals surface area contributed by atoms with Crippen molar-refractivity contribution in [3.05, 3.63) is 65.2 Å². The molecule has 0 fully saturated rings. The van der Waals surface area contributed by atoms with Gasteiger partial charge in [-0.05, 0) is 23.8 Å². The van der Waals surface area contributed by atoms with Crippen LogP contribution in [-0.4, -0.2) is 77.0 Å². The predicted molar refractivity (Wildman–Crippen MR) is 165 cm³/mol. The highest BCUT2D eigenvalue weighted by Gasteiger charge is 2.22. The van der Waals surface area contributed by atoms with Crippen LogP contribution >= 0.6 is 0 Å². The molecule has 232 valence electrons. The molecule has 1 aliphatic heterocycles. The third-order valence-corrected chi connectivity index (χ3v) is 6.73. The Morgan fingerprint density at radius 3 is 1.95 bits per heavy atom. The third-order valence-electron chi connectivity index (χ3n) is 6.73. The zero-order valence-electron chi connectivity index (χ0n) is 25.6. The Kier molecular flexibility index (Phi) is 14.4. The number of carbonyl (C=O) groups excluding carboxylic acids is 3. The van der Waals surface area contributed by atoms with E-state index in [-0.39, 0.29) is 35.9 Å². The smallest absolute Gasteiger partial charge is 0.227 e. The minimum absolute atomic E-state index is 0.0913. The lowest BCUT2D eigenvalue weighted by molar-refractivity contribution is -0.127. The van der Waals surface area contributed by atoms with Crippen LogP contribution in [0.5, 0.6) is 0 Å². The summed E-state index contributed by atoms with van der Waals surface area (Å²) in [6.07, 6.45) is 0.597. The van der Waals surface area contributed by atoms with Gasteiger partial charge in [0.05, 0.1) is 65.1 Å². The fourth-order valence-corrected chi connectivity index (χ4v) is 4.22. The summed E-state index contributed by atoms with van der Waals surface area (Å²) in [5.74, 6) is 6.25. The molecule has 0 aromatic heterocycles. The van der Waals surface area contributed by atoms with E-state index in [1.54, 1.807) is 4.90 Å². The maximum Gasteiger partial charge on any atom is 0.227 e. The number of benzene rings is 2. The van der Waals surface area contributed by atoms with Crippen molar-refractivity contribution < 1.29 is 33.3 Å². The highest BCUT2D eigenvalue weighted by atomic mass is 16.6. The predicted octanol–water partition coefficient (Wildman–Crippen LogP) is 3.90. The second-order valence-corrected chi connectivity index (χ2v) is 11.1. The van der Waals surface area contributed by atoms with Gasteiger partial charge in [0, 0.05) is 42.3 Å². The Labute approximate surface area is 255 Å². The van der Waals surface area contributed by atoms with Gasteiger partial charge in [-0.2, -0.15) is 0 Å². The van der Waals surface area contributed by atoms with Gasteiger partial charge in [-0.3, -0.25) is 14.4 Å². The van der Waals surface area contributed by atoms with Crippen molar-refractivity contribution in [3.8, 4) is 11.8 Å². The summed E-state index contributed by atoms with van der Waals surface area (Å²) in [5.41, 5.74) is 3.09. The molecule has 2 amide bonds. The van der Waals surface area contributed by atoms with E-state index in [2.05, 4.69) is 17.2 Å². The van der Waals surface area contributed by atoms with Gasteiger partial charge in [0.25, 0.3) is 0 Å². The normalized spacial score (nSPS) is 12.3. The number of para-hydroxylation sites is 1. The number of Topliss-reactive ketones (excluding diaryl/α,β-unsaturated/α-hetero) is 1. The van der Waals surface area contributed by atoms with Crippen molar-refractivity contribution in [1.82, 2.24) is 5.32 Å². The molecule has 1 heterocycles. The summed E-state index contributed by atoms with van der Waals surface area (Å²) >= 11 is 0. The maximum absolute atomic E-state index is 13.2. The fourth-order valence-electron chi connectivity index (χ4n) is 4.22. The van der Waals surface area contributed by atoms with Gasteiger partial charge in [-0.15, -0.1) is 0 Å². The topological polar surface area (TPSA) is 103 Å². The van der Waals surface area contributed by atoms with Crippen LogP contribution in [0, 0.1) is 17.3 Å². The highest BCUT2D eigenvalue weighted by molar-refractivity contribution is 5.96. The summed E-state index contributed by atoms with van der Waals surface area (Å²) in [5, 5.41) is 2.80. The van der Waals surface area contributed by atoms with Crippen LogP contribution in [0.4, 0.5) is 5.69 Å². The summed E-state index contributed by atoms with van der Waals surface area (Å²) in [6, 6.07) is 15.4. The quantitative estimate of drug-likeness (QED) is 0.207. The van der Waals surface area contributed by atoms with Crippen molar-refractivity contribution in [3.63, 3.8) is 0 Å². The van der Waals surface area contributed by atoms with E-state index in [1.807, 2.05) is 69.3 Å². The number of amides is 2. The second-order valence-electron chi connectivity index (χ2n) is 11.1. The van der Waals surface area contributed by atoms with Gasteiger partial charge in [0.2, 0.25) is 11.8 Å². The van der Waals surface area contributed by atoms with E-state index >= 15 is 0 Å². The van der Waals surface area contributed by atoms with Gasteiger partial charge in [0.1, 0.15) is 5.78 Å². The molecule has 0 radical (unpaired) electrons. The minimum atomic E-state index is -0.331. The fraction of sp³-hybridized carbons (Fsp3) is 0.500. The summed E-state index contributed by atoms with van der Waals surface area (Å²) < 4.78 is 21.8. The second kappa shape index (κ2) is 18.2. The number of fused-ring (bicyclic) bond motifs is 2. The average Bonchev–Trinajstić information content (AvgIpc) is 2.98. The largest absolute Gasteiger partial charge is 0.379 e. The molecule has 43 heavy (non-hydrogen) atoms. The van der Waals surface area contributed by atoms with Crippen LogP contribution in [0.1, 0.15) is 56.7 Å². The lowest BCUT2D eigenvalue weighted by atomic mass is 9.89. The van der Waals surface area contributed by atoms with Crippen molar-refractivity contribution in [2.24, 2.45) is 5.41 Å². The number of nitrogens with zero attached hydrogens (tertiary/aromatic N) is 1. The van der Waals surface area contributed by atoms with Gasteiger partial charge in [0.15, 0.2) is 0 Å². The third kappa shape index (κ3) is 12.3. The van der Waals surface area contributed by atoms with Crippen molar-refractivity contribution in [1.29, 1.82) is 0 Å². The highest BCUT2D eigenvalue weighted by Crippen LogP contribution is 2.26. The molecule has 9 heteroatoms. The maximum atomic E-state index is 13.2. The Bertz CT molecular complexity index is 1260. The van der Waals surface area contributed by atoms with Crippen LogP contribution < -0.4 is 10.2 Å². The molecule has 0 saturated carbocycles. The van der Waals surface area contributed by atoms with Crippen molar-refractivity contribution in [2.45, 2.75) is 46.6 Å². The van der Waals surface area contributed by atoms with Crippen molar-refractivity contribution in [2.75, 3.05) is 64.3 Å². The molecule has 0 saturated heterocycles. The molecule has 1 aliphatic rings. The van der Waals surface area contributed by atoms with Gasteiger partial charge >= 0.3 is 0 Å². The number of hydrogen-bond donors (Lipinski definition) is 1. The first-order valence-corrected chi connectivity index (χ1v) is 14.9. The first-order valence-electron chi connectivity index (χ1n) is 14.9. The zero-order valence-corrected chi connectivity index (χ0v) is 25.6. The monoisotopic (exact) mass is 592 g/mol. The van der Waals surface area contributed by atoms with Crippen LogP contribution in [0.15, 0.2) is 48.5 Å². The van der Waals surface area contributed by atoms with Gasteiger partial charge in [-0.1, -0.05) is 62.9 Å². The SMILES string of the molecule is CC(C)(C)C(=O)CCOCCOCCOCCOCCNC(=O)CCC(=O)N1Cc2ccccc2C#Cc2ccccc21. The molecule has 0 atom stereocenters. The van der Waals surface area contributed by atoms with Gasteiger partial charge < -0.3 is 29.2 Å². The number of hydrogen-bond acceptors (Lipinski definition) is 7. The molecular weight excluding hydrogens is 548 g/mol. The molecule has 2 aromatic rings. The van der Waals surface area contributed by atoms with E-state index < -0.39 is 0 Å². The Morgan fingerprint density at radius 1 is 0.721 bits per heavy atom. The van der Waals surface area contributed by atoms with Crippen LogP contribution in [0.3, 0.4) is 0 Å². The lowest BCUT2D eigenvalue weighted by Gasteiger charge is -2.26. The van der Waals surface area contributed by atoms with Crippen LogP contribution in [-0.2, 0) is 39.9 Å². The standard InChI is InChI=1S/C34H44N2O7/c1-34(2,3)31(37)16-18-40-20-22-42-24-25-43-23-21-41-19-17-35-32(38)14-15-33(39)36-26-29-10-5-4-8-27(29)12-13-28-9-6-7-11-30(28)36/h4-11H,14-26H2,1-3H3,(H,35,38). The molecule has 0 unspecified atom stereocenters. The molecule has 1 N–H and O–H groups in total. The Balaban J connectivity index is 1.21. The molecule has 2 aromatic carbocycles. The number of ketones is 1. The zero-order chi connectivity index (χ0) is 30.9. The van der Waals surface area contributed by atoms with E-state index in [0.29, 0.717) is 72.4 Å². The number of anilines is 1. The summed E-state index contributed by atoms with van der Waals surface area (Å²) in [4.78, 5) is 39.1. The molecule has 0 aliphatic carbocycles. The molecule has 3 rings (SSSR count).